The molecule has 2 atom stereocenters. The van der Waals surface area contributed by atoms with E-state index in [9.17, 15) is 4.79 Å². The highest BCUT2D eigenvalue weighted by Gasteiger charge is 2.28. The molecule has 0 unspecified atom stereocenters. The summed E-state index contributed by atoms with van der Waals surface area (Å²) in [6.07, 6.45) is 5.82. The van der Waals surface area contributed by atoms with Crippen molar-refractivity contribution in [2.75, 3.05) is 7.11 Å². The lowest BCUT2D eigenvalue weighted by Crippen LogP contribution is -2.46. The zero-order chi connectivity index (χ0) is 21.1. The number of carbonyl (C=O) groups is 1. The summed E-state index contributed by atoms with van der Waals surface area (Å²) < 4.78 is 7.43. The molecule has 5 nitrogen and oxygen atoms in total. The average Bonchev–Trinajstić information content (AvgIpc) is 3.20. The molecule has 0 radical (unpaired) electrons. The van der Waals surface area contributed by atoms with Gasteiger partial charge in [0.05, 0.1) is 17.2 Å². The van der Waals surface area contributed by atoms with Gasteiger partial charge >= 0.3 is 0 Å². The van der Waals surface area contributed by atoms with Gasteiger partial charge in [-0.25, -0.2) is 4.98 Å². The fraction of sp³-hybridized carbons (Fsp3) is 0.304. The van der Waals surface area contributed by atoms with Crippen molar-refractivity contribution in [3.8, 4) is 17.1 Å². The standard InChI is InChI=1S/C23H23Cl2N3O2/c1-30-21-9-5-4-8-19(21)27-23(29)20-14-28(16-12-10-15(24)11-13-16)22(26-20)17-6-2-3-7-18(17)25/h2-3,6-7,10-14,19,21H,4-5,8-9H2,1H3,(H,27,29)/t19-,21-/m0/s1. The van der Waals surface area contributed by atoms with Crippen LogP contribution in [0.1, 0.15) is 36.2 Å². The van der Waals surface area contributed by atoms with Crippen LogP contribution in [-0.2, 0) is 4.74 Å². The van der Waals surface area contributed by atoms with E-state index in [2.05, 4.69) is 10.3 Å². The number of ether oxygens (including phenoxy) is 1. The number of carbonyl (C=O) groups excluding carboxylic acids is 1. The van der Waals surface area contributed by atoms with Crippen LogP contribution in [0.5, 0.6) is 0 Å². The van der Waals surface area contributed by atoms with E-state index in [4.69, 9.17) is 27.9 Å². The Morgan fingerprint density at radius 1 is 1.10 bits per heavy atom. The number of amides is 1. The van der Waals surface area contributed by atoms with Crippen LogP contribution in [0.4, 0.5) is 0 Å². The van der Waals surface area contributed by atoms with E-state index in [0.717, 1.165) is 36.9 Å². The molecule has 0 spiro atoms. The van der Waals surface area contributed by atoms with Gasteiger partial charge in [-0.1, -0.05) is 48.2 Å². The Bertz CT molecular complexity index is 1030. The minimum Gasteiger partial charge on any atom is -0.379 e. The molecule has 1 aliphatic carbocycles. The second-order valence-corrected chi connectivity index (χ2v) is 8.26. The molecule has 0 bridgehead atoms. The number of aromatic nitrogens is 2. The molecule has 3 aromatic rings. The van der Waals surface area contributed by atoms with E-state index >= 15 is 0 Å². The number of nitrogens with one attached hydrogen (secondary N) is 1. The fourth-order valence-corrected chi connectivity index (χ4v) is 4.25. The molecule has 1 amide bonds. The molecular weight excluding hydrogens is 421 g/mol. The number of methoxy groups -OCH3 is 1. The van der Waals surface area contributed by atoms with Gasteiger partial charge in [-0.2, -0.15) is 0 Å². The third kappa shape index (κ3) is 4.38. The molecule has 30 heavy (non-hydrogen) atoms. The molecule has 1 fully saturated rings. The maximum atomic E-state index is 13.0. The summed E-state index contributed by atoms with van der Waals surface area (Å²) in [5.74, 6) is 0.380. The van der Waals surface area contributed by atoms with Crippen molar-refractivity contribution in [2.45, 2.75) is 37.8 Å². The highest BCUT2D eigenvalue weighted by molar-refractivity contribution is 6.33. The van der Waals surface area contributed by atoms with Gasteiger partial charge in [-0.05, 0) is 49.2 Å². The van der Waals surface area contributed by atoms with Crippen LogP contribution in [0.25, 0.3) is 17.1 Å². The lowest BCUT2D eigenvalue weighted by molar-refractivity contribution is 0.0391. The van der Waals surface area contributed by atoms with E-state index < -0.39 is 0 Å². The monoisotopic (exact) mass is 443 g/mol. The van der Waals surface area contributed by atoms with Crippen molar-refractivity contribution >= 4 is 29.1 Å². The molecule has 0 aliphatic heterocycles. The van der Waals surface area contributed by atoms with Crippen molar-refractivity contribution in [1.29, 1.82) is 0 Å². The zero-order valence-electron chi connectivity index (χ0n) is 16.6. The molecule has 1 aliphatic rings. The Kier molecular flexibility index (Phi) is 6.42. The zero-order valence-corrected chi connectivity index (χ0v) is 18.2. The van der Waals surface area contributed by atoms with Crippen molar-refractivity contribution < 1.29 is 9.53 Å². The fourth-order valence-electron chi connectivity index (χ4n) is 3.91. The first-order valence-electron chi connectivity index (χ1n) is 10.0. The number of nitrogens with zero attached hydrogens (tertiary/aromatic N) is 2. The van der Waals surface area contributed by atoms with E-state index in [1.807, 2.05) is 41.0 Å². The molecule has 7 heteroatoms. The summed E-state index contributed by atoms with van der Waals surface area (Å²) in [5.41, 5.74) is 1.93. The Hall–Kier alpha value is -2.34. The SMILES string of the molecule is CO[C@H]1CCCC[C@@H]1NC(=O)c1cn(-c2ccc(Cl)cc2)c(-c2ccccc2Cl)n1. The van der Waals surface area contributed by atoms with Crippen molar-refractivity contribution in [2.24, 2.45) is 0 Å². The van der Waals surface area contributed by atoms with Gasteiger partial charge in [0.25, 0.3) is 5.91 Å². The molecule has 156 valence electrons. The maximum absolute atomic E-state index is 13.0. The van der Waals surface area contributed by atoms with Gasteiger partial charge in [0.1, 0.15) is 11.5 Å². The summed E-state index contributed by atoms with van der Waals surface area (Å²) in [5, 5.41) is 4.31. The average molecular weight is 444 g/mol. The first-order chi connectivity index (χ1) is 14.6. The molecular formula is C23H23Cl2N3O2. The predicted molar refractivity (Wildman–Crippen MR) is 120 cm³/mol. The van der Waals surface area contributed by atoms with Crippen LogP contribution >= 0.6 is 23.2 Å². The summed E-state index contributed by atoms with van der Waals surface area (Å²) >= 11 is 12.5. The van der Waals surface area contributed by atoms with E-state index in [1.54, 1.807) is 25.4 Å². The van der Waals surface area contributed by atoms with Crippen LogP contribution in [0.15, 0.2) is 54.7 Å². The third-order valence-corrected chi connectivity index (χ3v) is 6.06. The number of hydrogen-bond acceptors (Lipinski definition) is 3. The smallest absolute Gasteiger partial charge is 0.271 e. The molecule has 1 aromatic heterocycles. The summed E-state index contributed by atoms with van der Waals surface area (Å²) in [6, 6.07) is 14.8. The van der Waals surface area contributed by atoms with E-state index in [0.29, 0.717) is 21.6 Å². The number of rotatable bonds is 5. The van der Waals surface area contributed by atoms with Gasteiger partial charge in [0.2, 0.25) is 0 Å². The Balaban J connectivity index is 1.71. The lowest BCUT2D eigenvalue weighted by atomic mass is 9.92. The lowest BCUT2D eigenvalue weighted by Gasteiger charge is -2.30. The van der Waals surface area contributed by atoms with Crippen LogP contribution in [0.3, 0.4) is 0 Å². The second-order valence-electron chi connectivity index (χ2n) is 7.41. The number of benzene rings is 2. The molecule has 1 saturated carbocycles. The maximum Gasteiger partial charge on any atom is 0.271 e. The van der Waals surface area contributed by atoms with Crippen LogP contribution in [-0.4, -0.2) is 34.7 Å². The second kappa shape index (κ2) is 9.21. The number of hydrogen-bond donors (Lipinski definition) is 1. The third-order valence-electron chi connectivity index (χ3n) is 5.48. The largest absolute Gasteiger partial charge is 0.379 e. The first kappa shape index (κ1) is 20.9. The van der Waals surface area contributed by atoms with Crippen LogP contribution in [0, 0.1) is 0 Å². The number of imidazole rings is 1. The summed E-state index contributed by atoms with van der Waals surface area (Å²) in [6.45, 7) is 0. The molecule has 2 aromatic carbocycles. The van der Waals surface area contributed by atoms with Crippen LogP contribution < -0.4 is 5.32 Å². The summed E-state index contributed by atoms with van der Waals surface area (Å²) in [7, 11) is 1.69. The van der Waals surface area contributed by atoms with E-state index in [-0.39, 0.29) is 18.1 Å². The minimum absolute atomic E-state index is 0.0132. The quantitative estimate of drug-likeness (QED) is 0.563. The van der Waals surface area contributed by atoms with Gasteiger partial charge in [0, 0.05) is 29.6 Å². The molecule has 1 N–H and O–H groups in total. The highest BCUT2D eigenvalue weighted by Crippen LogP contribution is 2.30. The van der Waals surface area contributed by atoms with Gasteiger partial charge in [0.15, 0.2) is 0 Å². The Morgan fingerprint density at radius 2 is 1.83 bits per heavy atom. The predicted octanol–water partition coefficient (Wildman–Crippen LogP) is 5.53. The highest BCUT2D eigenvalue weighted by atomic mass is 35.5. The number of halogens is 2. The summed E-state index contributed by atoms with van der Waals surface area (Å²) in [4.78, 5) is 17.7. The Morgan fingerprint density at radius 3 is 2.57 bits per heavy atom. The topological polar surface area (TPSA) is 56.1 Å². The van der Waals surface area contributed by atoms with E-state index in [1.165, 1.54) is 0 Å². The minimum atomic E-state index is -0.218. The van der Waals surface area contributed by atoms with Crippen LogP contribution in [0.2, 0.25) is 10.0 Å². The Labute approximate surface area is 186 Å². The van der Waals surface area contributed by atoms with Gasteiger partial charge < -0.3 is 10.1 Å². The molecule has 0 saturated heterocycles. The van der Waals surface area contributed by atoms with Crippen molar-refractivity contribution in [3.63, 3.8) is 0 Å². The first-order valence-corrected chi connectivity index (χ1v) is 10.8. The molecule has 1 heterocycles. The molecule has 4 rings (SSSR count). The van der Waals surface area contributed by atoms with Gasteiger partial charge in [-0.15, -0.1) is 0 Å². The van der Waals surface area contributed by atoms with Crippen molar-refractivity contribution in [3.05, 3.63) is 70.5 Å². The van der Waals surface area contributed by atoms with Crippen molar-refractivity contribution in [1.82, 2.24) is 14.9 Å². The van der Waals surface area contributed by atoms with Gasteiger partial charge in [-0.3, -0.25) is 9.36 Å². The normalized spacial score (nSPS) is 18.9.